The number of hydrogen-bond acceptors (Lipinski definition) is 2. The standard InChI is InChI=1S/C14H10Cl3N3O/c15-10-2-1-3-12(6-10)19-14(21)20-18-8-9-4-5-11(16)7-13(9)17/h1-8H,(H2,19,20,21). The first kappa shape index (κ1) is 15.6. The van der Waals surface area contributed by atoms with Crippen LogP contribution < -0.4 is 10.7 Å². The number of amides is 2. The summed E-state index contributed by atoms with van der Waals surface area (Å²) >= 11 is 17.6. The molecule has 108 valence electrons. The van der Waals surface area contributed by atoms with Crippen molar-refractivity contribution in [3.63, 3.8) is 0 Å². The van der Waals surface area contributed by atoms with E-state index in [0.717, 1.165) is 0 Å². The molecule has 0 fully saturated rings. The summed E-state index contributed by atoms with van der Waals surface area (Å²) < 4.78 is 0. The second-order valence-corrected chi connectivity index (χ2v) is 5.28. The van der Waals surface area contributed by atoms with Gasteiger partial charge in [0.05, 0.1) is 11.2 Å². The zero-order chi connectivity index (χ0) is 15.2. The Morgan fingerprint density at radius 2 is 1.81 bits per heavy atom. The van der Waals surface area contributed by atoms with Crippen LogP contribution in [0, 0.1) is 0 Å². The van der Waals surface area contributed by atoms with Gasteiger partial charge in [-0.15, -0.1) is 0 Å². The normalized spacial score (nSPS) is 10.6. The lowest BCUT2D eigenvalue weighted by atomic mass is 10.2. The molecule has 0 saturated heterocycles. The lowest BCUT2D eigenvalue weighted by Crippen LogP contribution is -2.24. The van der Waals surface area contributed by atoms with Gasteiger partial charge in [-0.25, -0.2) is 10.2 Å². The van der Waals surface area contributed by atoms with Crippen LogP contribution in [-0.2, 0) is 0 Å². The zero-order valence-corrected chi connectivity index (χ0v) is 12.9. The van der Waals surface area contributed by atoms with Crippen molar-refractivity contribution in [3.05, 3.63) is 63.1 Å². The van der Waals surface area contributed by atoms with Gasteiger partial charge in [0.2, 0.25) is 0 Å². The maximum atomic E-state index is 11.6. The fourth-order valence-corrected chi connectivity index (χ4v) is 2.14. The van der Waals surface area contributed by atoms with Crippen LogP contribution in [0.3, 0.4) is 0 Å². The van der Waals surface area contributed by atoms with Crippen molar-refractivity contribution < 1.29 is 4.79 Å². The smallest absolute Gasteiger partial charge is 0.306 e. The fourth-order valence-electron chi connectivity index (χ4n) is 1.49. The molecule has 4 nitrogen and oxygen atoms in total. The van der Waals surface area contributed by atoms with Crippen molar-refractivity contribution >= 4 is 52.7 Å². The minimum absolute atomic E-state index is 0.447. The molecule has 0 heterocycles. The van der Waals surface area contributed by atoms with Gasteiger partial charge in [0, 0.05) is 21.3 Å². The molecule has 2 N–H and O–H groups in total. The minimum Gasteiger partial charge on any atom is -0.306 e. The van der Waals surface area contributed by atoms with E-state index in [0.29, 0.717) is 26.3 Å². The highest BCUT2D eigenvalue weighted by Crippen LogP contribution is 2.19. The Morgan fingerprint density at radius 3 is 2.52 bits per heavy atom. The quantitative estimate of drug-likeness (QED) is 0.611. The third-order valence-electron chi connectivity index (χ3n) is 2.41. The van der Waals surface area contributed by atoms with Gasteiger partial charge in [-0.2, -0.15) is 5.10 Å². The lowest BCUT2D eigenvalue weighted by Gasteiger charge is -2.04. The Kier molecular flexibility index (Phi) is 5.44. The van der Waals surface area contributed by atoms with E-state index in [-0.39, 0.29) is 0 Å². The number of benzene rings is 2. The SMILES string of the molecule is O=C(NN=Cc1ccc(Cl)cc1Cl)Nc1cccc(Cl)c1. The molecule has 0 radical (unpaired) electrons. The molecule has 2 amide bonds. The van der Waals surface area contributed by atoms with E-state index in [1.54, 1.807) is 42.5 Å². The largest absolute Gasteiger partial charge is 0.339 e. The van der Waals surface area contributed by atoms with Crippen molar-refractivity contribution in [2.24, 2.45) is 5.10 Å². The Morgan fingerprint density at radius 1 is 1.05 bits per heavy atom. The van der Waals surface area contributed by atoms with Crippen LogP contribution in [0.2, 0.25) is 15.1 Å². The number of carbonyl (C=O) groups is 1. The van der Waals surface area contributed by atoms with Gasteiger partial charge in [0.1, 0.15) is 0 Å². The minimum atomic E-state index is -0.487. The molecule has 2 aromatic rings. The summed E-state index contributed by atoms with van der Waals surface area (Å²) in [4.78, 5) is 11.6. The average molecular weight is 343 g/mol. The van der Waals surface area contributed by atoms with E-state index in [4.69, 9.17) is 34.8 Å². The van der Waals surface area contributed by atoms with Gasteiger partial charge in [-0.05, 0) is 30.3 Å². The predicted molar refractivity (Wildman–Crippen MR) is 87.7 cm³/mol. The highest BCUT2D eigenvalue weighted by Gasteiger charge is 2.01. The molecule has 0 aliphatic carbocycles. The summed E-state index contributed by atoms with van der Waals surface area (Å²) in [7, 11) is 0. The molecule has 0 aliphatic heterocycles. The molecule has 2 rings (SSSR count). The summed E-state index contributed by atoms with van der Waals surface area (Å²) in [6, 6.07) is 11.3. The maximum absolute atomic E-state index is 11.6. The molecule has 21 heavy (non-hydrogen) atoms. The number of hydrogen-bond donors (Lipinski definition) is 2. The Hall–Kier alpha value is -1.75. The second kappa shape index (κ2) is 7.31. The average Bonchev–Trinajstić information content (AvgIpc) is 2.41. The third-order valence-corrected chi connectivity index (χ3v) is 3.21. The molecular formula is C14H10Cl3N3O. The van der Waals surface area contributed by atoms with Gasteiger partial charge in [-0.1, -0.05) is 46.9 Å². The van der Waals surface area contributed by atoms with Crippen LogP contribution in [0.4, 0.5) is 10.5 Å². The van der Waals surface area contributed by atoms with Gasteiger partial charge in [0.15, 0.2) is 0 Å². The van der Waals surface area contributed by atoms with Gasteiger partial charge < -0.3 is 5.32 Å². The monoisotopic (exact) mass is 341 g/mol. The molecular weight excluding hydrogens is 333 g/mol. The van der Waals surface area contributed by atoms with Crippen molar-refractivity contribution in [1.82, 2.24) is 5.43 Å². The molecule has 0 aliphatic rings. The zero-order valence-electron chi connectivity index (χ0n) is 10.6. The van der Waals surface area contributed by atoms with E-state index < -0.39 is 6.03 Å². The first-order chi connectivity index (χ1) is 10.0. The van der Waals surface area contributed by atoms with Crippen LogP contribution >= 0.6 is 34.8 Å². The van der Waals surface area contributed by atoms with E-state index >= 15 is 0 Å². The number of hydrazone groups is 1. The summed E-state index contributed by atoms with van der Waals surface area (Å²) in [6.45, 7) is 0. The summed E-state index contributed by atoms with van der Waals surface area (Å²) in [5, 5.41) is 7.90. The van der Waals surface area contributed by atoms with E-state index in [1.165, 1.54) is 6.21 Å². The van der Waals surface area contributed by atoms with Crippen molar-refractivity contribution in [1.29, 1.82) is 0 Å². The van der Waals surface area contributed by atoms with Crippen LogP contribution in [-0.4, -0.2) is 12.2 Å². The van der Waals surface area contributed by atoms with Gasteiger partial charge in [-0.3, -0.25) is 0 Å². The van der Waals surface area contributed by atoms with Crippen molar-refractivity contribution in [2.45, 2.75) is 0 Å². The third kappa shape index (κ3) is 4.93. The number of rotatable bonds is 3. The number of nitrogens with zero attached hydrogens (tertiary/aromatic N) is 1. The molecule has 0 unspecified atom stereocenters. The molecule has 2 aromatic carbocycles. The van der Waals surface area contributed by atoms with E-state index in [9.17, 15) is 4.79 Å². The summed E-state index contributed by atoms with van der Waals surface area (Å²) in [6.07, 6.45) is 1.43. The van der Waals surface area contributed by atoms with Crippen molar-refractivity contribution in [2.75, 3.05) is 5.32 Å². The first-order valence-electron chi connectivity index (χ1n) is 5.85. The lowest BCUT2D eigenvalue weighted by molar-refractivity contribution is 0.252. The Balaban J connectivity index is 1.93. The predicted octanol–water partition coefficient (Wildman–Crippen LogP) is 4.80. The number of nitrogens with one attached hydrogen (secondary N) is 2. The Labute approximate surface area is 136 Å². The maximum Gasteiger partial charge on any atom is 0.339 e. The number of anilines is 1. The second-order valence-electron chi connectivity index (χ2n) is 4.00. The van der Waals surface area contributed by atoms with Crippen LogP contribution in [0.25, 0.3) is 0 Å². The molecule has 0 atom stereocenters. The van der Waals surface area contributed by atoms with Crippen molar-refractivity contribution in [3.8, 4) is 0 Å². The highest BCUT2D eigenvalue weighted by atomic mass is 35.5. The highest BCUT2D eigenvalue weighted by molar-refractivity contribution is 6.36. The van der Waals surface area contributed by atoms with Crippen LogP contribution in [0.5, 0.6) is 0 Å². The number of urea groups is 1. The number of halogens is 3. The van der Waals surface area contributed by atoms with Crippen LogP contribution in [0.1, 0.15) is 5.56 Å². The van der Waals surface area contributed by atoms with E-state index in [1.807, 2.05) is 0 Å². The topological polar surface area (TPSA) is 53.5 Å². The molecule has 7 heteroatoms. The first-order valence-corrected chi connectivity index (χ1v) is 6.98. The fraction of sp³-hybridized carbons (Fsp3) is 0. The van der Waals surface area contributed by atoms with Crippen LogP contribution in [0.15, 0.2) is 47.6 Å². The molecule has 0 spiro atoms. The van der Waals surface area contributed by atoms with Gasteiger partial charge in [0.25, 0.3) is 0 Å². The summed E-state index contributed by atoms with van der Waals surface area (Å²) in [5.41, 5.74) is 3.54. The Bertz CT molecular complexity index is 689. The van der Waals surface area contributed by atoms with Gasteiger partial charge >= 0.3 is 6.03 Å². The molecule has 0 aromatic heterocycles. The molecule has 0 bridgehead atoms. The summed E-state index contributed by atoms with van der Waals surface area (Å²) in [5.74, 6) is 0. The molecule has 0 saturated carbocycles. The van der Waals surface area contributed by atoms with E-state index in [2.05, 4.69) is 15.8 Å². The number of carbonyl (C=O) groups excluding carboxylic acids is 1.